The minimum absolute atomic E-state index is 0.0436. The number of hydrogen-bond donors (Lipinski definition) is 6. The molecule has 0 bridgehead atoms. The van der Waals surface area contributed by atoms with E-state index < -0.39 is 29.4 Å². The van der Waals surface area contributed by atoms with Crippen molar-refractivity contribution in [2.45, 2.75) is 104 Å². The van der Waals surface area contributed by atoms with Crippen molar-refractivity contribution in [1.82, 2.24) is 20.3 Å². The van der Waals surface area contributed by atoms with Gasteiger partial charge in [0.2, 0.25) is 0 Å². The van der Waals surface area contributed by atoms with Gasteiger partial charge < -0.3 is 59.3 Å². The lowest BCUT2D eigenvalue weighted by atomic mass is 9.99. The summed E-state index contributed by atoms with van der Waals surface area (Å²) in [5, 5.41) is 17.5. The third-order valence-electron chi connectivity index (χ3n) is 15.8. The van der Waals surface area contributed by atoms with Crippen LogP contribution in [0.4, 0.5) is 49.4 Å². The van der Waals surface area contributed by atoms with E-state index in [1.54, 1.807) is 134 Å². The predicted molar refractivity (Wildman–Crippen MR) is 374 cm³/mol. The number of aromatic carboxylic acids is 1. The van der Waals surface area contributed by atoms with Gasteiger partial charge in [-0.3, -0.25) is 30.2 Å². The fourth-order valence-electron chi connectivity index (χ4n) is 10.9. The Morgan fingerprint density at radius 2 is 0.865 bits per heavy atom. The van der Waals surface area contributed by atoms with Crippen molar-refractivity contribution >= 4 is 69.5 Å². The van der Waals surface area contributed by atoms with Gasteiger partial charge in [-0.05, 0) is 199 Å². The number of ether oxygens (including phenoxy) is 2. The molecule has 502 valence electrons. The van der Waals surface area contributed by atoms with Gasteiger partial charge in [-0.2, -0.15) is 0 Å². The first-order valence-corrected chi connectivity index (χ1v) is 32.2. The molecule has 12 rings (SSSR count). The third-order valence-corrected chi connectivity index (χ3v) is 15.8. The van der Waals surface area contributed by atoms with Crippen LogP contribution in [0.1, 0.15) is 123 Å². The first-order valence-electron chi connectivity index (χ1n) is 32.2. The molecule has 22 heteroatoms. The lowest BCUT2D eigenvalue weighted by Gasteiger charge is -2.29. The zero-order valence-corrected chi connectivity index (χ0v) is 55.3. The molecule has 9 aromatic rings. The van der Waals surface area contributed by atoms with E-state index in [4.69, 9.17) is 39.3 Å². The Morgan fingerprint density at radius 1 is 0.469 bits per heavy atom. The number of aromatic nitrogens is 3. The van der Waals surface area contributed by atoms with E-state index in [1.807, 2.05) is 72.8 Å². The van der Waals surface area contributed by atoms with E-state index in [2.05, 4.69) is 45.6 Å². The Hall–Kier alpha value is -10.7. The summed E-state index contributed by atoms with van der Waals surface area (Å²) in [7, 11) is 0. The standard InChI is InChI=1S/C27H31N3O4.C21H22N4O2.C15H18N2O3.C11H14N2O2/c1-27(2,3)34-26(32)29-23-9-7-19(20-11-14-33-18-20)15-21(23)16-25(31)24-10-8-22(17-28-24)30-12-5-4-6-13-30;22-19-3-1-15(16-5-10-27-14-16)11-17(19)12-21(26)20-4-2-18(13-24-20)25-8-6-23-7-9-25;1-15(2,3)20-14(18)17-13-5-4-10(8-12(13)16)11-6-7-19-9-11;14-11(15)10-5-4-9(8-12-10)13-6-2-1-3-7-13/h7-11,14-15,17-18H,4-6,12-13,16H2,1-3H3,(H,29,32);1-5,10-11,13-14,23H,6-9,12,22H2;4-9H,16H2,1-3H3,(H,17,18);4-5,8H,1-3,6-7H2,(H,14,15). The van der Waals surface area contributed by atoms with E-state index >= 15 is 0 Å². The lowest BCUT2D eigenvalue weighted by Crippen LogP contribution is -2.43. The van der Waals surface area contributed by atoms with Crippen LogP contribution in [0.2, 0.25) is 0 Å². The van der Waals surface area contributed by atoms with E-state index in [0.29, 0.717) is 39.7 Å². The fraction of sp³-hybridized carbons (Fsp3) is 0.324. The van der Waals surface area contributed by atoms with E-state index in [1.165, 1.54) is 38.5 Å². The number of carbonyl (C=O) groups excluding carboxylic acids is 4. The number of hydrogen-bond acceptors (Lipinski definition) is 19. The molecule has 3 aliphatic heterocycles. The van der Waals surface area contributed by atoms with Gasteiger partial charge in [0.05, 0.1) is 84.6 Å². The maximum atomic E-state index is 13.1. The Bertz CT molecular complexity index is 3980. The smallest absolute Gasteiger partial charge is 0.412 e. The normalized spacial score (nSPS) is 13.9. The molecule has 0 unspecified atom stereocenters. The second-order valence-electron chi connectivity index (χ2n) is 25.4. The SMILES string of the molecule is CC(C)(C)OC(=O)Nc1ccc(-c2ccoc2)cc1CC(=O)c1ccc(N2CCCCC2)cn1.CC(C)(C)OC(=O)Nc1ccc(-c2ccoc2)cc1N.Nc1ccc(-c2ccoc2)cc1CC(=O)c1ccc(N2CCNCC2)cn1.O=C(O)c1ccc(N2CCCCC2)cn1. The topological polar surface area (TPSA) is 300 Å². The van der Waals surface area contributed by atoms with Crippen LogP contribution in [0.25, 0.3) is 33.4 Å². The number of pyridine rings is 3. The molecule has 8 N–H and O–H groups in total. The molecule has 3 aliphatic rings. The van der Waals surface area contributed by atoms with Gasteiger partial charge in [-0.1, -0.05) is 18.2 Å². The van der Waals surface area contributed by atoms with Crippen molar-refractivity contribution in [3.05, 3.63) is 194 Å². The summed E-state index contributed by atoms with van der Waals surface area (Å²) in [6, 6.07) is 33.1. The number of nitrogens with zero attached hydrogens (tertiary/aromatic N) is 6. The molecule has 0 aliphatic carbocycles. The van der Waals surface area contributed by atoms with E-state index in [9.17, 15) is 24.0 Å². The van der Waals surface area contributed by atoms with Gasteiger partial charge in [-0.25, -0.2) is 19.4 Å². The maximum absolute atomic E-state index is 13.1. The second-order valence-corrected chi connectivity index (χ2v) is 25.4. The number of piperidine rings is 2. The number of carboxylic acid groups (broad SMARTS) is 1. The third kappa shape index (κ3) is 20.6. The van der Waals surface area contributed by atoms with E-state index in [0.717, 1.165) is 108 Å². The highest BCUT2D eigenvalue weighted by molar-refractivity contribution is 5.99. The molecule has 0 atom stereocenters. The highest BCUT2D eigenvalue weighted by Gasteiger charge is 2.22. The molecule has 2 amide bonds. The number of piperazine rings is 1. The first kappa shape index (κ1) is 69.6. The van der Waals surface area contributed by atoms with Crippen molar-refractivity contribution in [3.8, 4) is 33.4 Å². The lowest BCUT2D eigenvalue weighted by molar-refractivity contribution is 0.0624. The number of carbonyl (C=O) groups is 5. The number of anilines is 7. The maximum Gasteiger partial charge on any atom is 0.412 e. The zero-order valence-electron chi connectivity index (χ0n) is 55.3. The van der Waals surface area contributed by atoms with Gasteiger partial charge >= 0.3 is 18.2 Å². The van der Waals surface area contributed by atoms with Crippen LogP contribution in [0.5, 0.6) is 0 Å². The van der Waals surface area contributed by atoms with Crippen LogP contribution in [0, 0.1) is 0 Å². The molecule has 3 saturated heterocycles. The number of benzene rings is 3. The molecule has 6 aromatic heterocycles. The van der Waals surface area contributed by atoms with Crippen molar-refractivity contribution in [2.75, 3.05) is 89.2 Å². The number of nitrogens with one attached hydrogen (secondary N) is 3. The summed E-state index contributed by atoms with van der Waals surface area (Å²) in [4.78, 5) is 80.1. The summed E-state index contributed by atoms with van der Waals surface area (Å²) >= 11 is 0. The second kappa shape index (κ2) is 32.9. The summed E-state index contributed by atoms with van der Waals surface area (Å²) in [6.45, 7) is 18.8. The highest BCUT2D eigenvalue weighted by Crippen LogP contribution is 2.31. The Morgan fingerprint density at radius 3 is 1.27 bits per heavy atom. The Kier molecular flexibility index (Phi) is 23.8. The number of Topliss-reactive ketones (excluding diaryl/α,β-unsaturated/α-hetero) is 2. The summed E-state index contributed by atoms with van der Waals surface area (Å²) in [6.07, 6.45) is 21.5. The monoisotopic (exact) mass is 1300 g/mol. The fourth-order valence-corrected chi connectivity index (χ4v) is 10.9. The summed E-state index contributed by atoms with van der Waals surface area (Å²) in [5.74, 6) is -1.14. The molecule has 22 nitrogen and oxygen atoms in total. The van der Waals surface area contributed by atoms with Crippen LogP contribution >= 0.6 is 0 Å². The molecule has 0 saturated carbocycles. The number of carboxylic acids is 1. The molecule has 9 heterocycles. The Labute approximate surface area is 559 Å². The van der Waals surface area contributed by atoms with Crippen molar-refractivity contribution in [3.63, 3.8) is 0 Å². The van der Waals surface area contributed by atoms with Crippen LogP contribution in [0.3, 0.4) is 0 Å². The number of nitrogens with two attached hydrogens (primary N) is 2. The number of rotatable bonds is 15. The molecular weight excluding hydrogens is 1220 g/mol. The summed E-state index contributed by atoms with van der Waals surface area (Å²) < 4.78 is 25.9. The van der Waals surface area contributed by atoms with Crippen molar-refractivity contribution in [1.29, 1.82) is 0 Å². The van der Waals surface area contributed by atoms with Crippen LogP contribution in [-0.4, -0.2) is 113 Å². The number of amides is 2. The number of ketones is 2. The van der Waals surface area contributed by atoms with E-state index in [-0.39, 0.29) is 30.1 Å². The van der Waals surface area contributed by atoms with Gasteiger partial charge in [-0.15, -0.1) is 0 Å². The molecule has 96 heavy (non-hydrogen) atoms. The zero-order chi connectivity index (χ0) is 68.2. The van der Waals surface area contributed by atoms with Gasteiger partial charge in [0.1, 0.15) is 28.3 Å². The quantitative estimate of drug-likeness (QED) is 0.0410. The average Bonchev–Trinajstić information content (AvgIpc) is 1.30. The summed E-state index contributed by atoms with van der Waals surface area (Å²) in [5.41, 5.74) is 24.1. The minimum Gasteiger partial charge on any atom is -0.477 e. The first-order chi connectivity index (χ1) is 46.1. The van der Waals surface area contributed by atoms with Crippen LogP contribution < -0.4 is 42.1 Å². The predicted octanol–water partition coefficient (Wildman–Crippen LogP) is 14.5. The van der Waals surface area contributed by atoms with Crippen LogP contribution in [-0.2, 0) is 22.3 Å². The van der Waals surface area contributed by atoms with Crippen LogP contribution in [0.15, 0.2) is 179 Å². The number of nitrogen functional groups attached to an aromatic ring is 2. The van der Waals surface area contributed by atoms with Gasteiger partial charge in [0, 0.05) is 93.3 Å². The number of furan rings is 3. The van der Waals surface area contributed by atoms with Gasteiger partial charge in [0.25, 0.3) is 0 Å². The van der Waals surface area contributed by atoms with Crippen molar-refractivity contribution in [2.24, 2.45) is 0 Å². The molecule has 3 aromatic carbocycles. The average molecular weight is 1300 g/mol. The molecule has 0 spiro atoms. The molecule has 3 fully saturated rings. The molecular formula is C74H85N11O11. The molecule has 0 radical (unpaired) electrons. The Balaban J connectivity index is 0.000000157. The van der Waals surface area contributed by atoms with Crippen molar-refractivity contribution < 1.29 is 51.8 Å². The minimum atomic E-state index is -0.972. The largest absolute Gasteiger partial charge is 0.477 e. The highest BCUT2D eigenvalue weighted by atomic mass is 16.6. The van der Waals surface area contributed by atoms with Gasteiger partial charge in [0.15, 0.2) is 11.6 Å².